The first-order valence-corrected chi connectivity index (χ1v) is 7.71. The van der Waals surface area contributed by atoms with Crippen molar-refractivity contribution >= 4 is 16.9 Å². The van der Waals surface area contributed by atoms with Gasteiger partial charge in [-0.05, 0) is 26.2 Å². The highest BCUT2D eigenvalue weighted by atomic mass is 32.2. The highest BCUT2D eigenvalue weighted by Crippen LogP contribution is 2.25. The van der Waals surface area contributed by atoms with E-state index in [0.717, 1.165) is 43.3 Å². The molecule has 0 aromatic rings. The predicted molar refractivity (Wildman–Crippen MR) is 78.5 cm³/mol. The van der Waals surface area contributed by atoms with E-state index in [1.165, 1.54) is 0 Å². The summed E-state index contributed by atoms with van der Waals surface area (Å²) in [6.45, 7) is 7.54. The van der Waals surface area contributed by atoms with Gasteiger partial charge in [0, 0.05) is 31.6 Å². The summed E-state index contributed by atoms with van der Waals surface area (Å²) in [6, 6.07) is 0. The van der Waals surface area contributed by atoms with E-state index >= 15 is 0 Å². The third-order valence-electron chi connectivity index (χ3n) is 3.10. The molecular formula is C13H26N2O2S. The van der Waals surface area contributed by atoms with Gasteiger partial charge in [-0.1, -0.05) is 18.7 Å². The lowest BCUT2D eigenvalue weighted by atomic mass is 10.0. The number of nitrogens with zero attached hydrogens (tertiary/aromatic N) is 1. The van der Waals surface area contributed by atoms with Crippen LogP contribution in [0.1, 0.15) is 33.1 Å². The standard InChI is InChI=1S/C13H26N2O2S/c1-4-13(2)11-18-12(15-13)14-7-5-6-8-17-10-9-16-3/h4-11H2,1-3H3,(H,14,15). The maximum absolute atomic E-state index is 5.40. The van der Waals surface area contributed by atoms with Crippen molar-refractivity contribution in [1.29, 1.82) is 0 Å². The van der Waals surface area contributed by atoms with Crippen LogP contribution in [0.15, 0.2) is 4.99 Å². The average Bonchev–Trinajstić information content (AvgIpc) is 2.75. The van der Waals surface area contributed by atoms with Crippen molar-refractivity contribution in [2.45, 2.75) is 38.6 Å². The first-order valence-electron chi connectivity index (χ1n) is 6.72. The number of hydrogen-bond acceptors (Lipinski definition) is 4. The number of amidine groups is 1. The van der Waals surface area contributed by atoms with Gasteiger partial charge in [-0.2, -0.15) is 0 Å². The molecule has 0 amide bonds. The molecule has 1 N–H and O–H groups in total. The monoisotopic (exact) mass is 274 g/mol. The van der Waals surface area contributed by atoms with Crippen LogP contribution in [0.25, 0.3) is 0 Å². The quantitative estimate of drug-likeness (QED) is 0.655. The zero-order chi connectivity index (χ0) is 13.3. The summed E-state index contributed by atoms with van der Waals surface area (Å²) in [5.74, 6) is 1.13. The lowest BCUT2D eigenvalue weighted by molar-refractivity contribution is 0.0690. The van der Waals surface area contributed by atoms with Crippen LogP contribution in [0, 0.1) is 0 Å². The van der Waals surface area contributed by atoms with Crippen LogP contribution < -0.4 is 5.32 Å². The number of ether oxygens (including phenoxy) is 2. The number of unbranched alkanes of at least 4 members (excludes halogenated alkanes) is 1. The van der Waals surface area contributed by atoms with Gasteiger partial charge in [-0.25, -0.2) is 0 Å². The number of hydrogen-bond donors (Lipinski definition) is 1. The lowest BCUT2D eigenvalue weighted by Gasteiger charge is -2.20. The molecule has 1 heterocycles. The van der Waals surface area contributed by atoms with E-state index in [1.807, 2.05) is 11.8 Å². The molecule has 1 unspecified atom stereocenters. The molecule has 5 heteroatoms. The van der Waals surface area contributed by atoms with Crippen molar-refractivity contribution in [3.63, 3.8) is 0 Å². The Hall–Kier alpha value is -0.260. The Morgan fingerprint density at radius 2 is 2.17 bits per heavy atom. The van der Waals surface area contributed by atoms with Gasteiger partial charge in [0.15, 0.2) is 5.17 Å². The van der Waals surface area contributed by atoms with Crippen LogP contribution in [0.4, 0.5) is 0 Å². The fourth-order valence-electron chi connectivity index (χ4n) is 1.57. The Balaban J connectivity index is 2.01. The van der Waals surface area contributed by atoms with Gasteiger partial charge in [-0.15, -0.1) is 0 Å². The summed E-state index contributed by atoms with van der Waals surface area (Å²) in [4.78, 5) is 4.59. The van der Waals surface area contributed by atoms with Gasteiger partial charge in [0.25, 0.3) is 0 Å². The Bertz CT molecular complexity index is 261. The van der Waals surface area contributed by atoms with E-state index in [1.54, 1.807) is 7.11 Å². The summed E-state index contributed by atoms with van der Waals surface area (Å²) < 4.78 is 10.3. The van der Waals surface area contributed by atoms with Gasteiger partial charge in [-0.3, -0.25) is 4.99 Å². The molecule has 0 bridgehead atoms. The number of aliphatic imine (C=N–C) groups is 1. The van der Waals surface area contributed by atoms with E-state index in [9.17, 15) is 0 Å². The second-order valence-electron chi connectivity index (χ2n) is 4.83. The van der Waals surface area contributed by atoms with Crippen LogP contribution in [0.5, 0.6) is 0 Å². The molecule has 1 atom stereocenters. The zero-order valence-electron chi connectivity index (χ0n) is 11.8. The molecule has 1 aliphatic rings. The Kier molecular flexibility index (Phi) is 7.70. The molecule has 0 saturated carbocycles. The second kappa shape index (κ2) is 8.77. The molecular weight excluding hydrogens is 248 g/mol. The van der Waals surface area contributed by atoms with E-state index < -0.39 is 0 Å². The molecule has 1 rings (SSSR count). The minimum Gasteiger partial charge on any atom is -0.382 e. The SMILES string of the molecule is CCC1(C)CSC(=NCCCCOCCOC)N1. The first kappa shape index (κ1) is 15.8. The molecule has 0 aromatic heterocycles. The lowest BCUT2D eigenvalue weighted by Crippen LogP contribution is -2.39. The summed E-state index contributed by atoms with van der Waals surface area (Å²) in [7, 11) is 1.69. The third kappa shape index (κ3) is 6.07. The molecule has 0 aliphatic carbocycles. The molecule has 1 saturated heterocycles. The maximum atomic E-state index is 5.40. The minimum atomic E-state index is 0.243. The van der Waals surface area contributed by atoms with Crippen molar-refractivity contribution < 1.29 is 9.47 Å². The average molecular weight is 274 g/mol. The van der Waals surface area contributed by atoms with Crippen LogP contribution in [-0.4, -0.2) is 49.9 Å². The van der Waals surface area contributed by atoms with Crippen molar-refractivity contribution in [2.75, 3.05) is 39.2 Å². The third-order valence-corrected chi connectivity index (χ3v) is 4.39. The zero-order valence-corrected chi connectivity index (χ0v) is 12.6. The highest BCUT2D eigenvalue weighted by Gasteiger charge is 2.30. The van der Waals surface area contributed by atoms with Crippen molar-refractivity contribution in [2.24, 2.45) is 4.99 Å². The van der Waals surface area contributed by atoms with E-state index in [4.69, 9.17) is 9.47 Å². The topological polar surface area (TPSA) is 42.9 Å². The summed E-state index contributed by atoms with van der Waals surface area (Å²) in [5, 5.41) is 4.61. The predicted octanol–water partition coefficient (Wildman–Crippen LogP) is 2.29. The molecule has 1 aliphatic heterocycles. The molecule has 1 fully saturated rings. The highest BCUT2D eigenvalue weighted by molar-refractivity contribution is 8.14. The molecule has 18 heavy (non-hydrogen) atoms. The molecule has 4 nitrogen and oxygen atoms in total. The minimum absolute atomic E-state index is 0.243. The number of thioether (sulfide) groups is 1. The Morgan fingerprint density at radius 3 is 2.83 bits per heavy atom. The fraction of sp³-hybridized carbons (Fsp3) is 0.923. The van der Waals surface area contributed by atoms with Crippen LogP contribution >= 0.6 is 11.8 Å². The van der Waals surface area contributed by atoms with Gasteiger partial charge >= 0.3 is 0 Å². The fourth-order valence-corrected chi connectivity index (χ4v) is 2.81. The van der Waals surface area contributed by atoms with Gasteiger partial charge in [0.05, 0.1) is 13.2 Å². The molecule has 0 spiro atoms. The maximum Gasteiger partial charge on any atom is 0.157 e. The molecule has 0 aromatic carbocycles. The van der Waals surface area contributed by atoms with E-state index in [0.29, 0.717) is 13.2 Å². The van der Waals surface area contributed by atoms with Gasteiger partial charge in [0.2, 0.25) is 0 Å². The number of nitrogens with one attached hydrogen (secondary N) is 1. The Labute approximate surface area is 115 Å². The summed E-state index contributed by atoms with van der Waals surface area (Å²) >= 11 is 1.84. The molecule has 0 radical (unpaired) electrons. The second-order valence-corrected chi connectivity index (χ2v) is 5.79. The summed E-state index contributed by atoms with van der Waals surface area (Å²) in [5.41, 5.74) is 0.243. The van der Waals surface area contributed by atoms with Gasteiger partial charge < -0.3 is 14.8 Å². The van der Waals surface area contributed by atoms with Crippen LogP contribution in [-0.2, 0) is 9.47 Å². The number of rotatable bonds is 9. The van der Waals surface area contributed by atoms with Gasteiger partial charge in [0.1, 0.15) is 0 Å². The molecule has 106 valence electrons. The van der Waals surface area contributed by atoms with Crippen LogP contribution in [0.3, 0.4) is 0 Å². The van der Waals surface area contributed by atoms with Crippen molar-refractivity contribution in [3.05, 3.63) is 0 Å². The van der Waals surface area contributed by atoms with Crippen LogP contribution in [0.2, 0.25) is 0 Å². The summed E-state index contributed by atoms with van der Waals surface area (Å²) in [6.07, 6.45) is 3.30. The van der Waals surface area contributed by atoms with E-state index in [-0.39, 0.29) is 5.54 Å². The van der Waals surface area contributed by atoms with Crippen molar-refractivity contribution in [1.82, 2.24) is 5.32 Å². The van der Waals surface area contributed by atoms with Crippen molar-refractivity contribution in [3.8, 4) is 0 Å². The first-order chi connectivity index (χ1) is 8.70. The normalized spacial score (nSPS) is 25.6. The largest absolute Gasteiger partial charge is 0.382 e. The van der Waals surface area contributed by atoms with E-state index in [2.05, 4.69) is 24.2 Å². The Morgan fingerprint density at radius 1 is 1.33 bits per heavy atom. The number of methoxy groups -OCH3 is 1. The smallest absolute Gasteiger partial charge is 0.157 e.